The van der Waals surface area contributed by atoms with E-state index in [-0.39, 0.29) is 0 Å². The second-order valence-corrected chi connectivity index (χ2v) is 9.89. The van der Waals surface area contributed by atoms with Gasteiger partial charge in [-0.1, -0.05) is 37.8 Å². The van der Waals surface area contributed by atoms with E-state index in [2.05, 4.69) is 46.0 Å². The number of piperidine rings is 2. The van der Waals surface area contributed by atoms with Crippen molar-refractivity contribution < 1.29 is 13.5 Å². The van der Waals surface area contributed by atoms with Gasteiger partial charge in [0.1, 0.15) is 17.2 Å². The van der Waals surface area contributed by atoms with Crippen LogP contribution in [0.15, 0.2) is 61.2 Å². The molecule has 1 N–H and O–H groups in total. The molecule has 2 aromatic carbocycles. The van der Waals surface area contributed by atoms with Crippen molar-refractivity contribution in [3.05, 3.63) is 78.4 Å². The van der Waals surface area contributed by atoms with Gasteiger partial charge in [0.05, 0.1) is 0 Å². The number of para-hydroxylation sites is 1. The van der Waals surface area contributed by atoms with Gasteiger partial charge in [-0.25, -0.2) is 8.78 Å². The van der Waals surface area contributed by atoms with Crippen LogP contribution in [-0.4, -0.2) is 61.2 Å². The molecule has 0 radical (unpaired) electrons. The Balaban J connectivity index is 1.32. The molecule has 1 unspecified atom stereocenters. The summed E-state index contributed by atoms with van der Waals surface area (Å²) in [6, 6.07) is 15.3. The molecule has 2 heterocycles. The number of ether oxygens (including phenoxy) is 1. The molecule has 2 aliphatic heterocycles. The minimum Gasteiger partial charge on any atom is -0.382 e. The molecule has 0 aliphatic carbocycles. The predicted molar refractivity (Wildman–Crippen MR) is 139 cm³/mol. The van der Waals surface area contributed by atoms with E-state index >= 15 is 0 Å². The first-order valence-electron chi connectivity index (χ1n) is 13.0. The van der Waals surface area contributed by atoms with Gasteiger partial charge in [-0.15, -0.1) is 0 Å². The smallest absolute Gasteiger partial charge is 0.132 e. The lowest BCUT2D eigenvalue weighted by Crippen LogP contribution is -2.51. The van der Waals surface area contributed by atoms with Crippen LogP contribution in [0.3, 0.4) is 0 Å². The first-order chi connectivity index (χ1) is 17.0. The highest BCUT2D eigenvalue weighted by Gasteiger charge is 2.37. The van der Waals surface area contributed by atoms with Crippen LogP contribution in [0.2, 0.25) is 0 Å². The van der Waals surface area contributed by atoms with E-state index in [9.17, 15) is 8.78 Å². The Bertz CT molecular complexity index is 940. The highest BCUT2D eigenvalue weighted by atomic mass is 19.1. The summed E-state index contributed by atoms with van der Waals surface area (Å²) < 4.78 is 34.6. The second kappa shape index (κ2) is 12.1. The largest absolute Gasteiger partial charge is 0.382 e. The number of benzene rings is 2. The first-order valence-corrected chi connectivity index (χ1v) is 13.0. The molecule has 0 spiro atoms. The van der Waals surface area contributed by atoms with Crippen molar-refractivity contribution in [1.29, 1.82) is 0 Å². The van der Waals surface area contributed by atoms with Crippen molar-refractivity contribution in [2.45, 2.75) is 56.7 Å². The van der Waals surface area contributed by atoms with E-state index < -0.39 is 17.2 Å². The zero-order valence-corrected chi connectivity index (χ0v) is 20.9. The van der Waals surface area contributed by atoms with Crippen molar-refractivity contribution in [2.75, 3.05) is 44.6 Å². The molecule has 2 saturated heterocycles. The predicted octanol–water partition coefficient (Wildman–Crippen LogP) is 5.81. The standard InChI is InChI=1S/C29H39F2N3O/c1-3-20-35-29(4-2,27-11-10-23(30)21-28(27)31)22-33-16-14-26(15-17-33)34-18-12-25(13-19-34)32-24-8-6-5-7-9-24/h4-11,21,25-26,32H,2-3,12-20,22H2,1H3. The minimum atomic E-state index is -0.984. The Morgan fingerprint density at radius 1 is 1.03 bits per heavy atom. The summed E-state index contributed by atoms with van der Waals surface area (Å²) in [5.41, 5.74) is 0.576. The van der Waals surface area contributed by atoms with E-state index in [1.54, 1.807) is 6.08 Å². The third-order valence-electron chi connectivity index (χ3n) is 7.49. The van der Waals surface area contributed by atoms with Crippen molar-refractivity contribution in [3.8, 4) is 0 Å². The highest BCUT2D eigenvalue weighted by molar-refractivity contribution is 5.43. The lowest BCUT2D eigenvalue weighted by Gasteiger charge is -2.44. The summed E-state index contributed by atoms with van der Waals surface area (Å²) in [7, 11) is 0. The van der Waals surface area contributed by atoms with E-state index in [1.807, 2.05) is 13.0 Å². The maximum atomic E-state index is 14.8. The molecule has 0 aromatic heterocycles. The van der Waals surface area contributed by atoms with E-state index in [0.29, 0.717) is 30.8 Å². The molecule has 0 bridgehead atoms. The Morgan fingerprint density at radius 2 is 1.74 bits per heavy atom. The third-order valence-corrected chi connectivity index (χ3v) is 7.49. The third kappa shape index (κ3) is 6.49. The molecule has 4 rings (SSSR count). The quantitative estimate of drug-likeness (QED) is 0.432. The van der Waals surface area contributed by atoms with Crippen LogP contribution in [0.25, 0.3) is 0 Å². The van der Waals surface area contributed by atoms with Gasteiger partial charge in [0.15, 0.2) is 0 Å². The second-order valence-electron chi connectivity index (χ2n) is 9.89. The molecule has 6 heteroatoms. The summed E-state index contributed by atoms with van der Waals surface area (Å²) in [4.78, 5) is 4.99. The number of likely N-dealkylation sites (tertiary alicyclic amines) is 2. The van der Waals surface area contributed by atoms with E-state index in [1.165, 1.54) is 17.8 Å². The Morgan fingerprint density at radius 3 is 2.37 bits per heavy atom. The summed E-state index contributed by atoms with van der Waals surface area (Å²) >= 11 is 0. The average molecular weight is 484 g/mol. The molecule has 2 fully saturated rings. The van der Waals surface area contributed by atoms with Crippen molar-refractivity contribution in [3.63, 3.8) is 0 Å². The summed E-state index contributed by atoms with van der Waals surface area (Å²) in [6.07, 6.45) is 6.99. The molecule has 35 heavy (non-hydrogen) atoms. The molecule has 4 nitrogen and oxygen atoms in total. The number of rotatable bonds is 10. The van der Waals surface area contributed by atoms with Gasteiger partial charge in [-0.05, 0) is 69.5 Å². The van der Waals surface area contributed by atoms with Gasteiger partial charge in [0.2, 0.25) is 0 Å². The zero-order valence-electron chi connectivity index (χ0n) is 20.9. The highest BCUT2D eigenvalue weighted by Crippen LogP contribution is 2.33. The number of hydrogen-bond acceptors (Lipinski definition) is 4. The number of anilines is 1. The van der Waals surface area contributed by atoms with Crippen LogP contribution in [-0.2, 0) is 10.3 Å². The Labute approximate surface area is 209 Å². The van der Waals surface area contributed by atoms with E-state index in [0.717, 1.165) is 64.3 Å². The molecular weight excluding hydrogens is 444 g/mol. The van der Waals surface area contributed by atoms with Gasteiger partial charge in [-0.2, -0.15) is 0 Å². The van der Waals surface area contributed by atoms with Gasteiger partial charge in [-0.3, -0.25) is 4.90 Å². The maximum absolute atomic E-state index is 14.8. The molecule has 0 amide bonds. The SMILES string of the molecule is C=CC(CN1CCC(N2CCC(Nc3ccccc3)CC2)CC1)(OCCC)c1ccc(F)cc1F. The number of nitrogens with zero attached hydrogens (tertiary/aromatic N) is 2. The monoisotopic (exact) mass is 483 g/mol. The van der Waals surface area contributed by atoms with Crippen LogP contribution < -0.4 is 5.32 Å². The number of halogens is 2. The van der Waals surface area contributed by atoms with Crippen LogP contribution in [0.5, 0.6) is 0 Å². The van der Waals surface area contributed by atoms with Crippen molar-refractivity contribution >= 4 is 5.69 Å². The summed E-state index contributed by atoms with van der Waals surface area (Å²) in [5, 5.41) is 3.67. The molecule has 2 aromatic rings. The van der Waals surface area contributed by atoms with Gasteiger partial charge >= 0.3 is 0 Å². The molecule has 190 valence electrons. The fourth-order valence-electron chi connectivity index (χ4n) is 5.51. The van der Waals surface area contributed by atoms with Crippen LogP contribution >= 0.6 is 0 Å². The fourth-order valence-corrected chi connectivity index (χ4v) is 5.51. The van der Waals surface area contributed by atoms with Crippen LogP contribution in [0.4, 0.5) is 14.5 Å². The van der Waals surface area contributed by atoms with E-state index in [4.69, 9.17) is 4.74 Å². The first kappa shape index (κ1) is 25.8. The van der Waals surface area contributed by atoms with Gasteiger partial charge < -0.3 is 15.0 Å². The molecule has 1 atom stereocenters. The minimum absolute atomic E-state index is 0.359. The Kier molecular flexibility index (Phi) is 8.93. The fraction of sp³-hybridized carbons (Fsp3) is 0.517. The lowest BCUT2D eigenvalue weighted by molar-refractivity contribution is -0.0455. The zero-order chi connectivity index (χ0) is 24.7. The van der Waals surface area contributed by atoms with Gasteiger partial charge in [0, 0.05) is 55.6 Å². The normalized spacial score (nSPS) is 20.4. The van der Waals surface area contributed by atoms with Gasteiger partial charge in [0.25, 0.3) is 0 Å². The van der Waals surface area contributed by atoms with Crippen molar-refractivity contribution in [1.82, 2.24) is 9.80 Å². The number of nitrogens with one attached hydrogen (secondary N) is 1. The maximum Gasteiger partial charge on any atom is 0.132 e. The average Bonchev–Trinajstić information content (AvgIpc) is 2.88. The van der Waals surface area contributed by atoms with Crippen LogP contribution in [0, 0.1) is 11.6 Å². The summed E-state index contributed by atoms with van der Waals surface area (Å²) in [5.74, 6) is -1.16. The topological polar surface area (TPSA) is 27.7 Å². The molecule has 0 saturated carbocycles. The lowest BCUT2D eigenvalue weighted by atomic mass is 9.90. The number of hydrogen-bond donors (Lipinski definition) is 1. The molecule has 2 aliphatic rings. The van der Waals surface area contributed by atoms with Crippen molar-refractivity contribution in [2.24, 2.45) is 0 Å². The van der Waals surface area contributed by atoms with Crippen LogP contribution in [0.1, 0.15) is 44.6 Å². The molecular formula is C29H39F2N3O. The Hall–Kier alpha value is -2.28. The summed E-state index contributed by atoms with van der Waals surface area (Å²) in [6.45, 7) is 11.1.